The highest BCUT2D eigenvalue weighted by Gasteiger charge is 2.06. The van der Waals surface area contributed by atoms with Crippen molar-refractivity contribution in [2.24, 2.45) is 0 Å². The lowest BCUT2D eigenvalue weighted by Crippen LogP contribution is -1.88. The normalized spacial score (nSPS) is 10.2. The molecule has 1 aromatic rings. The topological polar surface area (TPSA) is 48.1 Å². The Morgan fingerprint density at radius 3 is 2.90 bits per heavy atom. The number of nitrogens with two attached hydrogens (primary N) is 1. The van der Waals surface area contributed by atoms with Crippen molar-refractivity contribution in [3.63, 3.8) is 0 Å². The van der Waals surface area contributed by atoms with Gasteiger partial charge >= 0.3 is 0 Å². The van der Waals surface area contributed by atoms with Crippen LogP contribution in [0.25, 0.3) is 0 Å². The average molecular weight is 223 g/mol. The van der Waals surface area contributed by atoms with Crippen molar-refractivity contribution >= 4 is 32.5 Å². The summed E-state index contributed by atoms with van der Waals surface area (Å²) < 4.78 is 9.79. The molecule has 0 saturated heterocycles. The van der Waals surface area contributed by atoms with Crippen LogP contribution in [0.1, 0.15) is 5.69 Å². The van der Waals surface area contributed by atoms with Crippen molar-refractivity contribution < 1.29 is 4.74 Å². The first kappa shape index (κ1) is 7.97. The molecule has 0 spiro atoms. The molecule has 0 fully saturated rings. The number of hydrogen-bond donors (Lipinski definition) is 1. The number of anilines is 1. The second-order valence-electron chi connectivity index (χ2n) is 1.74. The lowest BCUT2D eigenvalue weighted by atomic mass is 10.4. The molecule has 2 N–H and O–H groups in total. The van der Waals surface area contributed by atoms with E-state index in [4.69, 9.17) is 10.5 Å². The largest absolute Gasteiger partial charge is 0.388 e. The van der Waals surface area contributed by atoms with Gasteiger partial charge in [-0.2, -0.15) is 4.37 Å². The molecule has 0 bridgehead atoms. The number of aromatic nitrogens is 1. The van der Waals surface area contributed by atoms with E-state index in [0.29, 0.717) is 11.6 Å². The molecule has 56 valence electrons. The summed E-state index contributed by atoms with van der Waals surface area (Å²) in [6, 6.07) is 0. The van der Waals surface area contributed by atoms with Gasteiger partial charge in [0.2, 0.25) is 0 Å². The molecule has 1 heterocycles. The first-order chi connectivity index (χ1) is 4.75. The third-order valence-electron chi connectivity index (χ3n) is 1.00. The van der Waals surface area contributed by atoms with Crippen molar-refractivity contribution in [1.29, 1.82) is 0 Å². The van der Waals surface area contributed by atoms with Crippen LogP contribution in [-0.2, 0) is 11.3 Å². The van der Waals surface area contributed by atoms with Crippen LogP contribution < -0.4 is 5.73 Å². The van der Waals surface area contributed by atoms with E-state index in [9.17, 15) is 0 Å². The van der Waals surface area contributed by atoms with Crippen LogP contribution >= 0.6 is 27.5 Å². The van der Waals surface area contributed by atoms with Gasteiger partial charge in [-0.05, 0) is 27.5 Å². The minimum Gasteiger partial charge on any atom is -0.388 e. The summed E-state index contributed by atoms with van der Waals surface area (Å²) in [6.45, 7) is 0.508. The Bertz CT molecular complexity index is 225. The number of halogens is 1. The van der Waals surface area contributed by atoms with Crippen LogP contribution in [0, 0.1) is 0 Å². The van der Waals surface area contributed by atoms with Crippen molar-refractivity contribution in [3.05, 3.63) is 10.2 Å². The molecule has 1 aromatic heterocycles. The molecule has 0 aliphatic carbocycles. The maximum atomic E-state index is 5.52. The van der Waals surface area contributed by atoms with Crippen LogP contribution in [0.15, 0.2) is 4.47 Å². The quantitative estimate of drug-likeness (QED) is 0.828. The van der Waals surface area contributed by atoms with Gasteiger partial charge in [-0.3, -0.25) is 0 Å². The Hall–Kier alpha value is -0.130. The van der Waals surface area contributed by atoms with Gasteiger partial charge in [0.25, 0.3) is 0 Å². The van der Waals surface area contributed by atoms with E-state index in [2.05, 4.69) is 20.3 Å². The Balaban J connectivity index is 2.83. The Labute approximate surface area is 71.5 Å². The molecule has 10 heavy (non-hydrogen) atoms. The van der Waals surface area contributed by atoms with Crippen molar-refractivity contribution in [3.8, 4) is 0 Å². The van der Waals surface area contributed by atoms with Gasteiger partial charge in [0.05, 0.1) is 16.8 Å². The van der Waals surface area contributed by atoms with Gasteiger partial charge in [0, 0.05) is 7.11 Å². The molecule has 1 rings (SSSR count). The molecule has 5 heteroatoms. The first-order valence-electron chi connectivity index (χ1n) is 2.64. The molecule has 0 amide bonds. The Morgan fingerprint density at radius 1 is 1.80 bits per heavy atom. The van der Waals surface area contributed by atoms with E-state index in [1.54, 1.807) is 7.11 Å². The summed E-state index contributed by atoms with van der Waals surface area (Å²) >= 11 is 4.57. The summed E-state index contributed by atoms with van der Waals surface area (Å²) in [5.41, 5.74) is 6.39. The smallest absolute Gasteiger partial charge is 0.121 e. The van der Waals surface area contributed by atoms with Crippen LogP contribution in [0.3, 0.4) is 0 Å². The van der Waals surface area contributed by atoms with Gasteiger partial charge in [-0.25, -0.2) is 0 Å². The number of nitrogen functional groups attached to an aromatic ring is 1. The summed E-state index contributed by atoms with van der Waals surface area (Å²) in [5, 5.41) is 0.701. The Kier molecular flexibility index (Phi) is 2.64. The maximum Gasteiger partial charge on any atom is 0.121 e. The van der Waals surface area contributed by atoms with E-state index in [1.165, 1.54) is 11.5 Å². The molecule has 0 atom stereocenters. The molecule has 3 nitrogen and oxygen atoms in total. The lowest BCUT2D eigenvalue weighted by Gasteiger charge is -1.92. The molecular weight excluding hydrogens is 216 g/mol. The van der Waals surface area contributed by atoms with Crippen molar-refractivity contribution in [1.82, 2.24) is 4.37 Å². The predicted octanol–water partition coefficient (Wildman–Crippen LogP) is 1.63. The monoisotopic (exact) mass is 222 g/mol. The highest BCUT2D eigenvalue weighted by Crippen LogP contribution is 2.27. The number of methoxy groups -OCH3 is 1. The molecule has 0 saturated carbocycles. The second kappa shape index (κ2) is 3.32. The molecular formula is C5H7BrN2OS. The standard InChI is InChI=1S/C5H7BrN2OS/c1-9-2-3-4(6)5(7)10-8-3/h2,7H2,1H3. The minimum absolute atomic E-state index is 0.508. The number of hydrogen-bond acceptors (Lipinski definition) is 4. The molecule has 0 unspecified atom stereocenters. The third-order valence-corrected chi connectivity index (χ3v) is 2.86. The third kappa shape index (κ3) is 1.47. The van der Waals surface area contributed by atoms with Gasteiger partial charge < -0.3 is 10.5 Å². The fraction of sp³-hybridized carbons (Fsp3) is 0.400. The fourth-order valence-electron chi connectivity index (χ4n) is 0.553. The molecule has 0 aliphatic rings. The first-order valence-corrected chi connectivity index (χ1v) is 4.20. The summed E-state index contributed by atoms with van der Waals surface area (Å²) in [6.07, 6.45) is 0. The van der Waals surface area contributed by atoms with E-state index in [1.807, 2.05) is 0 Å². The second-order valence-corrected chi connectivity index (χ2v) is 3.34. The highest BCUT2D eigenvalue weighted by molar-refractivity contribution is 9.10. The van der Waals surface area contributed by atoms with Gasteiger partial charge in [-0.15, -0.1) is 0 Å². The van der Waals surface area contributed by atoms with Gasteiger partial charge in [0.15, 0.2) is 0 Å². The minimum atomic E-state index is 0.508. The van der Waals surface area contributed by atoms with Crippen molar-refractivity contribution in [2.45, 2.75) is 6.61 Å². The zero-order valence-corrected chi connectivity index (χ0v) is 7.83. The van der Waals surface area contributed by atoms with Crippen LogP contribution in [0.2, 0.25) is 0 Å². The molecule has 0 aromatic carbocycles. The van der Waals surface area contributed by atoms with Crippen LogP contribution in [0.5, 0.6) is 0 Å². The summed E-state index contributed by atoms with van der Waals surface area (Å²) in [7, 11) is 1.63. The van der Waals surface area contributed by atoms with E-state index < -0.39 is 0 Å². The summed E-state index contributed by atoms with van der Waals surface area (Å²) in [4.78, 5) is 0. The summed E-state index contributed by atoms with van der Waals surface area (Å²) in [5.74, 6) is 0. The fourth-order valence-corrected chi connectivity index (χ4v) is 1.64. The van der Waals surface area contributed by atoms with Crippen LogP contribution in [0.4, 0.5) is 5.00 Å². The zero-order valence-electron chi connectivity index (χ0n) is 5.43. The SMILES string of the molecule is COCc1nsc(N)c1Br. The van der Waals surface area contributed by atoms with Crippen molar-refractivity contribution in [2.75, 3.05) is 12.8 Å². The number of nitrogens with zero attached hydrogens (tertiary/aromatic N) is 1. The molecule has 0 radical (unpaired) electrons. The van der Waals surface area contributed by atoms with Crippen LogP contribution in [-0.4, -0.2) is 11.5 Å². The average Bonchev–Trinajstić information content (AvgIpc) is 2.20. The number of ether oxygens (including phenoxy) is 1. The van der Waals surface area contributed by atoms with E-state index >= 15 is 0 Å². The van der Waals surface area contributed by atoms with E-state index in [-0.39, 0.29) is 0 Å². The zero-order chi connectivity index (χ0) is 7.56. The predicted molar refractivity (Wildman–Crippen MR) is 44.9 cm³/mol. The Morgan fingerprint density at radius 2 is 2.50 bits per heavy atom. The van der Waals surface area contributed by atoms with E-state index in [0.717, 1.165) is 10.2 Å². The van der Waals surface area contributed by atoms with Gasteiger partial charge in [0.1, 0.15) is 5.00 Å². The highest BCUT2D eigenvalue weighted by atomic mass is 79.9. The maximum absolute atomic E-state index is 5.52. The number of rotatable bonds is 2. The molecule has 0 aliphatic heterocycles. The van der Waals surface area contributed by atoms with Gasteiger partial charge in [-0.1, -0.05) is 0 Å². The lowest BCUT2D eigenvalue weighted by molar-refractivity contribution is 0.182.